The van der Waals surface area contributed by atoms with Gasteiger partial charge in [0.05, 0.1) is 12.5 Å². The van der Waals surface area contributed by atoms with Gasteiger partial charge >= 0.3 is 5.97 Å². The van der Waals surface area contributed by atoms with Crippen molar-refractivity contribution in [3.8, 4) is 0 Å². The number of carbonyl (C=O) groups excluding carboxylic acids is 3. The number of carbonyl (C=O) groups is 3. The summed E-state index contributed by atoms with van der Waals surface area (Å²) >= 11 is 0. The second kappa shape index (κ2) is 10.1. The van der Waals surface area contributed by atoms with Gasteiger partial charge in [0.15, 0.2) is 0 Å². The Morgan fingerprint density at radius 3 is 2.33 bits per heavy atom. The zero-order chi connectivity index (χ0) is 21.5. The molecule has 2 aromatic rings. The maximum atomic E-state index is 12.5. The third kappa shape index (κ3) is 5.92. The quantitative estimate of drug-likeness (QED) is 0.623. The topological polar surface area (TPSA) is 84.5 Å². The molecule has 1 aliphatic rings. The first-order chi connectivity index (χ1) is 14.5. The van der Waals surface area contributed by atoms with E-state index in [1.165, 1.54) is 0 Å². The Morgan fingerprint density at radius 1 is 1.07 bits per heavy atom. The van der Waals surface area contributed by atoms with Crippen LogP contribution in [0.2, 0.25) is 0 Å². The number of esters is 1. The number of hydrogen-bond donors (Lipinski definition) is 2. The van der Waals surface area contributed by atoms with Gasteiger partial charge in [-0.1, -0.05) is 37.3 Å². The summed E-state index contributed by atoms with van der Waals surface area (Å²) < 4.78 is 5.17. The predicted octanol–water partition coefficient (Wildman–Crippen LogP) is 3.43. The van der Waals surface area contributed by atoms with Crippen LogP contribution in [0, 0.1) is 17.8 Å². The van der Waals surface area contributed by atoms with Crippen molar-refractivity contribution in [3.63, 3.8) is 0 Å². The molecular weight excluding hydrogens is 380 g/mol. The van der Waals surface area contributed by atoms with Crippen LogP contribution >= 0.6 is 0 Å². The van der Waals surface area contributed by atoms with Gasteiger partial charge in [-0.25, -0.2) is 0 Å². The lowest BCUT2D eigenvalue weighted by molar-refractivity contribution is -0.147. The molecule has 6 nitrogen and oxygen atoms in total. The molecule has 0 spiro atoms. The summed E-state index contributed by atoms with van der Waals surface area (Å²) in [5, 5.41) is 5.70. The lowest BCUT2D eigenvalue weighted by Gasteiger charge is -2.16. The van der Waals surface area contributed by atoms with Gasteiger partial charge in [-0.15, -0.1) is 0 Å². The van der Waals surface area contributed by atoms with E-state index >= 15 is 0 Å². The van der Waals surface area contributed by atoms with E-state index in [1.807, 2.05) is 30.3 Å². The van der Waals surface area contributed by atoms with E-state index in [2.05, 4.69) is 17.6 Å². The summed E-state index contributed by atoms with van der Waals surface area (Å²) in [7, 11) is 0. The molecule has 3 unspecified atom stereocenters. The third-order valence-corrected chi connectivity index (χ3v) is 5.31. The fourth-order valence-corrected chi connectivity index (χ4v) is 3.34. The first kappa shape index (κ1) is 21.6. The summed E-state index contributed by atoms with van der Waals surface area (Å²) in [6, 6.07) is 16.4. The molecule has 2 aromatic carbocycles. The number of anilines is 1. The third-order valence-electron chi connectivity index (χ3n) is 5.31. The Bertz CT molecular complexity index is 880. The van der Waals surface area contributed by atoms with E-state index in [9.17, 15) is 14.4 Å². The Labute approximate surface area is 177 Å². The highest BCUT2D eigenvalue weighted by Crippen LogP contribution is 2.38. The molecule has 3 atom stereocenters. The standard InChI is InChI=1S/C24H28N2O4/c1-3-30-24(29)19(14-17-7-5-4-6-8-17)15-25-22(27)18-9-11-20(12-10-18)26-23(28)21-13-16(21)2/h4-12,16,19,21H,3,13-15H2,1-2H3,(H,25,27)(H,26,28). The molecule has 0 aromatic heterocycles. The number of benzene rings is 2. The van der Waals surface area contributed by atoms with Gasteiger partial charge in [0.2, 0.25) is 5.91 Å². The van der Waals surface area contributed by atoms with E-state index in [1.54, 1.807) is 31.2 Å². The van der Waals surface area contributed by atoms with Gasteiger partial charge in [0.1, 0.15) is 0 Å². The second-order valence-electron chi connectivity index (χ2n) is 7.73. The molecule has 0 heterocycles. The molecule has 0 radical (unpaired) electrons. The average Bonchev–Trinajstić information content (AvgIpc) is 3.49. The smallest absolute Gasteiger partial charge is 0.311 e. The fraction of sp³-hybridized carbons (Fsp3) is 0.375. The van der Waals surface area contributed by atoms with Crippen molar-refractivity contribution in [2.24, 2.45) is 17.8 Å². The summed E-state index contributed by atoms with van der Waals surface area (Å²) in [6.45, 7) is 4.30. The van der Waals surface area contributed by atoms with Gasteiger partial charge in [0.25, 0.3) is 5.91 Å². The number of ether oxygens (including phenoxy) is 1. The van der Waals surface area contributed by atoms with E-state index in [0.29, 0.717) is 30.2 Å². The minimum absolute atomic E-state index is 0.0258. The summed E-state index contributed by atoms with van der Waals surface area (Å²) in [5.74, 6) is -0.496. The van der Waals surface area contributed by atoms with E-state index < -0.39 is 5.92 Å². The number of hydrogen-bond acceptors (Lipinski definition) is 4. The maximum absolute atomic E-state index is 12.5. The van der Waals surface area contributed by atoms with Crippen LogP contribution in [0.4, 0.5) is 5.69 Å². The zero-order valence-electron chi connectivity index (χ0n) is 17.4. The highest BCUT2D eigenvalue weighted by atomic mass is 16.5. The first-order valence-electron chi connectivity index (χ1n) is 10.4. The Hall–Kier alpha value is -3.15. The minimum Gasteiger partial charge on any atom is -0.466 e. The molecule has 30 heavy (non-hydrogen) atoms. The van der Waals surface area contributed by atoms with Crippen molar-refractivity contribution in [3.05, 3.63) is 65.7 Å². The van der Waals surface area contributed by atoms with Crippen molar-refractivity contribution in [2.75, 3.05) is 18.5 Å². The minimum atomic E-state index is -0.463. The molecule has 6 heteroatoms. The Kier molecular flexibility index (Phi) is 7.22. The number of amides is 2. The Balaban J connectivity index is 1.56. The van der Waals surface area contributed by atoms with Crippen LogP contribution in [0.5, 0.6) is 0 Å². The van der Waals surface area contributed by atoms with E-state index in [0.717, 1.165) is 12.0 Å². The Morgan fingerprint density at radius 2 is 1.73 bits per heavy atom. The number of nitrogens with one attached hydrogen (secondary N) is 2. The molecule has 158 valence electrons. The largest absolute Gasteiger partial charge is 0.466 e. The highest BCUT2D eigenvalue weighted by Gasteiger charge is 2.39. The molecule has 1 aliphatic carbocycles. The molecule has 0 aliphatic heterocycles. The van der Waals surface area contributed by atoms with Crippen LogP contribution in [-0.4, -0.2) is 30.9 Å². The molecule has 0 saturated heterocycles. The van der Waals surface area contributed by atoms with E-state index in [4.69, 9.17) is 4.74 Å². The maximum Gasteiger partial charge on any atom is 0.311 e. The SMILES string of the molecule is CCOC(=O)C(CNC(=O)c1ccc(NC(=O)C2CC2C)cc1)Cc1ccccc1. The van der Waals surface area contributed by atoms with E-state index in [-0.39, 0.29) is 30.2 Å². The lowest BCUT2D eigenvalue weighted by Crippen LogP contribution is -2.35. The normalized spacial score (nSPS) is 18.2. The monoisotopic (exact) mass is 408 g/mol. The molecular formula is C24H28N2O4. The van der Waals surface area contributed by atoms with Gasteiger partial charge in [-0.05, 0) is 55.5 Å². The lowest BCUT2D eigenvalue weighted by atomic mass is 9.99. The van der Waals surface area contributed by atoms with Crippen LogP contribution in [0.15, 0.2) is 54.6 Å². The molecule has 2 amide bonds. The van der Waals surface area contributed by atoms with Crippen molar-refractivity contribution in [1.82, 2.24) is 5.32 Å². The molecule has 2 N–H and O–H groups in total. The van der Waals surface area contributed by atoms with Crippen LogP contribution in [0.25, 0.3) is 0 Å². The van der Waals surface area contributed by atoms with Crippen LogP contribution in [-0.2, 0) is 20.7 Å². The summed E-state index contributed by atoms with van der Waals surface area (Å²) in [6.07, 6.45) is 1.42. The number of rotatable bonds is 9. The van der Waals surface area contributed by atoms with Gasteiger partial charge in [-0.3, -0.25) is 14.4 Å². The van der Waals surface area contributed by atoms with Crippen molar-refractivity contribution in [1.29, 1.82) is 0 Å². The van der Waals surface area contributed by atoms with Crippen molar-refractivity contribution in [2.45, 2.75) is 26.7 Å². The molecule has 1 saturated carbocycles. The predicted molar refractivity (Wildman–Crippen MR) is 115 cm³/mol. The molecule has 1 fully saturated rings. The van der Waals surface area contributed by atoms with Crippen LogP contribution in [0.1, 0.15) is 36.2 Å². The van der Waals surface area contributed by atoms with Crippen molar-refractivity contribution < 1.29 is 19.1 Å². The van der Waals surface area contributed by atoms with Crippen LogP contribution in [0.3, 0.4) is 0 Å². The van der Waals surface area contributed by atoms with Gasteiger partial charge in [0, 0.05) is 23.7 Å². The van der Waals surface area contributed by atoms with Gasteiger partial charge in [-0.2, -0.15) is 0 Å². The summed E-state index contributed by atoms with van der Waals surface area (Å²) in [5.41, 5.74) is 2.15. The second-order valence-corrected chi connectivity index (χ2v) is 7.73. The van der Waals surface area contributed by atoms with Gasteiger partial charge < -0.3 is 15.4 Å². The average molecular weight is 408 g/mol. The fourth-order valence-electron chi connectivity index (χ4n) is 3.34. The first-order valence-corrected chi connectivity index (χ1v) is 10.4. The van der Waals surface area contributed by atoms with Crippen molar-refractivity contribution >= 4 is 23.5 Å². The zero-order valence-corrected chi connectivity index (χ0v) is 17.4. The highest BCUT2D eigenvalue weighted by molar-refractivity contribution is 5.97. The molecule has 3 rings (SSSR count). The van der Waals surface area contributed by atoms with Crippen LogP contribution < -0.4 is 10.6 Å². The summed E-state index contributed by atoms with van der Waals surface area (Å²) in [4.78, 5) is 36.9. The molecule has 0 bridgehead atoms.